The van der Waals surface area contributed by atoms with Gasteiger partial charge in [-0.2, -0.15) is 0 Å². The number of alkyl halides is 2. The first-order chi connectivity index (χ1) is 15.4. The highest BCUT2D eigenvalue weighted by atomic mass is 35.5. The predicted molar refractivity (Wildman–Crippen MR) is 118 cm³/mol. The third-order valence-electron chi connectivity index (χ3n) is 6.84. The van der Waals surface area contributed by atoms with E-state index < -0.39 is 57.8 Å². The van der Waals surface area contributed by atoms with Crippen molar-refractivity contribution in [2.24, 2.45) is 11.8 Å². The van der Waals surface area contributed by atoms with Gasteiger partial charge >= 0.3 is 5.97 Å². The number of carboxylic acid groups (broad SMARTS) is 1. The highest BCUT2D eigenvalue weighted by Crippen LogP contribution is 2.42. The first kappa shape index (κ1) is 24.2. The van der Waals surface area contributed by atoms with Gasteiger partial charge in [-0.3, -0.25) is 9.59 Å². The lowest BCUT2D eigenvalue weighted by atomic mass is 9.93. The van der Waals surface area contributed by atoms with E-state index in [4.69, 9.17) is 11.6 Å². The Labute approximate surface area is 196 Å². The molecule has 3 unspecified atom stereocenters. The Kier molecular flexibility index (Phi) is 6.34. The molecule has 0 bridgehead atoms. The summed E-state index contributed by atoms with van der Waals surface area (Å²) in [7, 11) is -2.01. The Balaban J connectivity index is 1.53. The molecule has 33 heavy (non-hydrogen) atoms. The van der Waals surface area contributed by atoms with Gasteiger partial charge in [-0.25, -0.2) is 17.2 Å². The SMILES string of the molecule is CN1CCN(c2ccc(S(=O)(=O)C3CC(C(=O)O)C(C(=O)N4CC(F)(F)C4)C3)c(Cl)c2)CC1. The number of benzene rings is 1. The predicted octanol–water partition coefficient (Wildman–Crippen LogP) is 1.82. The number of nitrogens with zero attached hydrogens (tertiary/aromatic N) is 3. The number of likely N-dealkylation sites (tertiary alicyclic amines) is 1. The molecule has 2 saturated heterocycles. The van der Waals surface area contributed by atoms with E-state index in [0.717, 1.165) is 36.8 Å². The summed E-state index contributed by atoms with van der Waals surface area (Å²) in [6.45, 7) is 1.75. The molecule has 1 saturated carbocycles. The molecule has 8 nitrogen and oxygen atoms in total. The molecular weight excluding hydrogens is 480 g/mol. The summed E-state index contributed by atoms with van der Waals surface area (Å²) < 4.78 is 53.0. The van der Waals surface area contributed by atoms with Crippen molar-refractivity contribution in [3.8, 4) is 0 Å². The maximum Gasteiger partial charge on any atom is 0.307 e. The second kappa shape index (κ2) is 8.66. The van der Waals surface area contributed by atoms with Gasteiger partial charge in [0.05, 0.1) is 40.1 Å². The van der Waals surface area contributed by atoms with Crippen molar-refractivity contribution in [2.75, 3.05) is 51.2 Å². The number of hydrogen-bond donors (Lipinski definition) is 1. The third kappa shape index (κ3) is 4.67. The highest BCUT2D eigenvalue weighted by molar-refractivity contribution is 7.92. The minimum atomic E-state index is -4.04. The number of carbonyl (C=O) groups is 2. The number of sulfone groups is 1. The summed E-state index contributed by atoms with van der Waals surface area (Å²) >= 11 is 6.36. The second-order valence-electron chi connectivity index (χ2n) is 9.14. The molecule has 1 aliphatic carbocycles. The number of halogens is 3. The summed E-state index contributed by atoms with van der Waals surface area (Å²) in [4.78, 5) is 29.5. The topological polar surface area (TPSA) is 98.2 Å². The fourth-order valence-electron chi connectivity index (χ4n) is 4.85. The van der Waals surface area contributed by atoms with Gasteiger partial charge in [-0.1, -0.05) is 11.6 Å². The molecule has 1 N–H and O–H groups in total. The fourth-order valence-corrected chi connectivity index (χ4v) is 7.22. The van der Waals surface area contributed by atoms with Crippen LogP contribution in [0, 0.1) is 11.8 Å². The van der Waals surface area contributed by atoms with Crippen LogP contribution < -0.4 is 4.90 Å². The van der Waals surface area contributed by atoms with E-state index in [2.05, 4.69) is 9.80 Å². The van der Waals surface area contributed by atoms with Crippen LogP contribution in [-0.2, 0) is 19.4 Å². The quantitative estimate of drug-likeness (QED) is 0.651. The zero-order valence-corrected chi connectivity index (χ0v) is 19.7. The zero-order valence-electron chi connectivity index (χ0n) is 18.1. The van der Waals surface area contributed by atoms with Crippen molar-refractivity contribution < 1.29 is 31.9 Å². The van der Waals surface area contributed by atoms with Crippen LogP contribution in [0.4, 0.5) is 14.5 Å². The highest BCUT2D eigenvalue weighted by Gasteiger charge is 2.53. The van der Waals surface area contributed by atoms with Gasteiger partial charge in [0.15, 0.2) is 9.84 Å². The van der Waals surface area contributed by atoms with Gasteiger partial charge in [0.1, 0.15) is 0 Å². The van der Waals surface area contributed by atoms with Gasteiger partial charge in [-0.15, -0.1) is 0 Å². The second-order valence-corrected chi connectivity index (χ2v) is 11.7. The molecule has 1 amide bonds. The number of piperazine rings is 1. The standard InChI is InChI=1S/C21H26ClF2N3O5S/c1-25-4-6-26(7-5-25)13-2-3-18(17(22)8-13)33(31,32)14-9-15(16(10-14)20(29)30)19(28)27-11-21(23,24)12-27/h2-3,8,14-16H,4-7,9-12H2,1H3,(H,29,30). The third-order valence-corrected chi connectivity index (χ3v) is 9.50. The van der Waals surface area contributed by atoms with E-state index in [9.17, 15) is 31.9 Å². The Morgan fingerprint density at radius 2 is 1.70 bits per heavy atom. The average molecular weight is 506 g/mol. The van der Waals surface area contributed by atoms with Gasteiger partial charge in [0.25, 0.3) is 5.92 Å². The summed E-state index contributed by atoms with van der Waals surface area (Å²) in [5.41, 5.74) is 0.800. The smallest absolute Gasteiger partial charge is 0.307 e. The molecule has 0 spiro atoms. The number of hydrogen-bond acceptors (Lipinski definition) is 6. The number of aliphatic carboxylic acids is 1. The summed E-state index contributed by atoms with van der Waals surface area (Å²) in [5.74, 6) is -7.45. The van der Waals surface area contributed by atoms with Crippen molar-refractivity contribution in [3.05, 3.63) is 23.2 Å². The van der Waals surface area contributed by atoms with Crippen LogP contribution in [-0.4, -0.2) is 92.7 Å². The van der Waals surface area contributed by atoms with E-state index in [1.165, 1.54) is 6.07 Å². The molecule has 1 aromatic carbocycles. The van der Waals surface area contributed by atoms with Gasteiger partial charge in [0.2, 0.25) is 5.91 Å². The minimum Gasteiger partial charge on any atom is -0.481 e. The van der Waals surface area contributed by atoms with E-state index >= 15 is 0 Å². The molecule has 0 radical (unpaired) electrons. The first-order valence-electron chi connectivity index (χ1n) is 10.8. The number of carboxylic acids is 1. The Morgan fingerprint density at radius 3 is 2.24 bits per heavy atom. The fraction of sp³-hybridized carbons (Fsp3) is 0.619. The number of likely N-dealkylation sites (N-methyl/N-ethyl adjacent to an activating group) is 1. The van der Waals surface area contributed by atoms with Crippen LogP contribution in [0.1, 0.15) is 12.8 Å². The largest absolute Gasteiger partial charge is 0.481 e. The summed E-state index contributed by atoms with van der Waals surface area (Å²) in [5, 5.41) is 8.47. The monoisotopic (exact) mass is 505 g/mol. The van der Waals surface area contributed by atoms with Crippen molar-refractivity contribution in [1.82, 2.24) is 9.80 Å². The van der Waals surface area contributed by atoms with Crippen molar-refractivity contribution in [2.45, 2.75) is 28.9 Å². The molecule has 4 rings (SSSR count). The van der Waals surface area contributed by atoms with Crippen LogP contribution in [0.3, 0.4) is 0 Å². The molecular formula is C21H26ClF2N3O5S. The van der Waals surface area contributed by atoms with E-state index in [1.807, 2.05) is 7.05 Å². The van der Waals surface area contributed by atoms with E-state index in [1.54, 1.807) is 12.1 Å². The first-order valence-corrected chi connectivity index (χ1v) is 12.7. The Hall–Kier alpha value is -1.98. The molecule has 1 aromatic rings. The number of carbonyl (C=O) groups excluding carboxylic acids is 1. The number of rotatable bonds is 5. The lowest BCUT2D eigenvalue weighted by Crippen LogP contribution is -2.60. The summed E-state index contributed by atoms with van der Waals surface area (Å²) in [6.07, 6.45) is -0.508. The molecule has 3 fully saturated rings. The van der Waals surface area contributed by atoms with Gasteiger partial charge in [0, 0.05) is 31.9 Å². The molecule has 12 heteroatoms. The van der Waals surface area contributed by atoms with E-state index in [0.29, 0.717) is 0 Å². The van der Waals surface area contributed by atoms with Crippen molar-refractivity contribution in [1.29, 1.82) is 0 Å². The minimum absolute atomic E-state index is 0.0375. The normalized spacial score (nSPS) is 27.9. The lowest BCUT2D eigenvalue weighted by molar-refractivity contribution is -0.172. The Morgan fingerprint density at radius 1 is 1.09 bits per heavy atom. The summed E-state index contributed by atoms with van der Waals surface area (Å²) in [6, 6.07) is 4.69. The van der Waals surface area contributed by atoms with Crippen molar-refractivity contribution in [3.63, 3.8) is 0 Å². The number of anilines is 1. The molecule has 0 aromatic heterocycles. The van der Waals surface area contributed by atoms with Crippen LogP contribution in [0.25, 0.3) is 0 Å². The molecule has 182 valence electrons. The molecule has 2 aliphatic heterocycles. The maximum absolute atomic E-state index is 13.3. The van der Waals surface area contributed by atoms with Crippen molar-refractivity contribution >= 4 is 39.0 Å². The van der Waals surface area contributed by atoms with Crippen LogP contribution in [0.2, 0.25) is 5.02 Å². The van der Waals surface area contributed by atoms with Crippen LogP contribution in [0.5, 0.6) is 0 Å². The van der Waals surface area contributed by atoms with Gasteiger partial charge in [-0.05, 0) is 38.1 Å². The Bertz CT molecular complexity index is 1050. The van der Waals surface area contributed by atoms with Crippen LogP contribution in [0.15, 0.2) is 23.1 Å². The van der Waals surface area contributed by atoms with Crippen LogP contribution >= 0.6 is 11.6 Å². The van der Waals surface area contributed by atoms with E-state index in [-0.39, 0.29) is 22.8 Å². The maximum atomic E-state index is 13.3. The number of amides is 1. The lowest BCUT2D eigenvalue weighted by Gasteiger charge is -2.40. The molecule has 2 heterocycles. The van der Waals surface area contributed by atoms with Gasteiger partial charge < -0.3 is 19.8 Å². The average Bonchev–Trinajstić information content (AvgIpc) is 3.18. The zero-order chi connectivity index (χ0) is 24.1. The molecule has 3 atom stereocenters. The molecule has 3 aliphatic rings.